The van der Waals surface area contributed by atoms with Gasteiger partial charge >= 0.3 is 12.6 Å². The van der Waals surface area contributed by atoms with Gasteiger partial charge in [0.05, 0.1) is 5.56 Å². The van der Waals surface area contributed by atoms with Crippen molar-refractivity contribution < 1.29 is 31.8 Å². The molecule has 0 aliphatic carbocycles. The average Bonchev–Trinajstić information content (AvgIpc) is 2.46. The highest BCUT2D eigenvalue weighted by Gasteiger charge is 2.21. The number of sulfonamides is 1. The molecule has 6 nitrogen and oxygen atoms in total. The number of aromatic carboxylic acids is 1. The first-order chi connectivity index (χ1) is 10.8. The molecule has 0 aliphatic rings. The third-order valence-electron chi connectivity index (χ3n) is 2.72. The molecule has 0 radical (unpaired) electrons. The van der Waals surface area contributed by atoms with Gasteiger partial charge in [0.15, 0.2) is 0 Å². The second-order valence-electron chi connectivity index (χ2n) is 4.32. The number of anilines is 1. The minimum absolute atomic E-state index is 0.0169. The lowest BCUT2D eigenvalue weighted by molar-refractivity contribution is -0.0517. The van der Waals surface area contributed by atoms with Gasteiger partial charge < -0.3 is 9.84 Å². The van der Waals surface area contributed by atoms with Gasteiger partial charge in [0.2, 0.25) is 0 Å². The number of nitrogens with one attached hydrogen (secondary N) is 1. The maximum Gasteiger partial charge on any atom is 0.387 e. The molecule has 0 saturated carbocycles. The molecular formula is C14H11F2NO5S. The van der Waals surface area contributed by atoms with Crippen LogP contribution in [0.25, 0.3) is 0 Å². The number of rotatable bonds is 6. The van der Waals surface area contributed by atoms with Gasteiger partial charge in [-0.3, -0.25) is 4.72 Å². The average molecular weight is 343 g/mol. The Morgan fingerprint density at radius 2 is 1.83 bits per heavy atom. The topological polar surface area (TPSA) is 92.7 Å². The highest BCUT2D eigenvalue weighted by molar-refractivity contribution is 7.92. The summed E-state index contributed by atoms with van der Waals surface area (Å²) in [6, 6.07) is 9.96. The van der Waals surface area contributed by atoms with Crippen LogP contribution in [-0.2, 0) is 10.0 Å². The Hall–Kier alpha value is -2.68. The summed E-state index contributed by atoms with van der Waals surface area (Å²) in [6.07, 6.45) is 0. The zero-order valence-electron chi connectivity index (χ0n) is 11.4. The standard InChI is InChI=1S/C14H11F2NO5S/c15-14(16)22-11-6-1-2-7-12(11)23(20,21)17-10-5-3-4-9(8-10)13(18)19/h1-8,14,17H,(H,18,19). The van der Waals surface area contributed by atoms with Gasteiger partial charge in [0.1, 0.15) is 10.6 Å². The lowest BCUT2D eigenvalue weighted by atomic mass is 10.2. The Kier molecular flexibility index (Phi) is 4.80. The van der Waals surface area contributed by atoms with Crippen LogP contribution in [0.1, 0.15) is 10.4 Å². The maximum atomic E-state index is 12.4. The zero-order valence-corrected chi connectivity index (χ0v) is 12.3. The van der Waals surface area contributed by atoms with Crippen molar-refractivity contribution in [3.05, 3.63) is 54.1 Å². The van der Waals surface area contributed by atoms with Crippen LogP contribution < -0.4 is 9.46 Å². The SMILES string of the molecule is O=C(O)c1cccc(NS(=O)(=O)c2ccccc2OC(F)F)c1. The van der Waals surface area contributed by atoms with E-state index in [1.807, 2.05) is 0 Å². The van der Waals surface area contributed by atoms with E-state index in [4.69, 9.17) is 5.11 Å². The van der Waals surface area contributed by atoms with Crippen molar-refractivity contribution in [2.45, 2.75) is 11.5 Å². The molecule has 2 N–H and O–H groups in total. The maximum absolute atomic E-state index is 12.4. The van der Waals surface area contributed by atoms with Gasteiger partial charge in [-0.15, -0.1) is 0 Å². The van der Waals surface area contributed by atoms with Crippen molar-refractivity contribution in [3.63, 3.8) is 0 Å². The fourth-order valence-electron chi connectivity index (χ4n) is 1.79. The third-order valence-corrected chi connectivity index (χ3v) is 4.14. The Labute approximate surface area is 130 Å². The van der Waals surface area contributed by atoms with Gasteiger partial charge in [0.25, 0.3) is 10.0 Å². The van der Waals surface area contributed by atoms with E-state index in [1.165, 1.54) is 30.3 Å². The fraction of sp³-hybridized carbons (Fsp3) is 0.0714. The van der Waals surface area contributed by atoms with E-state index in [9.17, 15) is 22.0 Å². The lowest BCUT2D eigenvalue weighted by Crippen LogP contribution is -2.15. The van der Waals surface area contributed by atoms with E-state index < -0.39 is 33.2 Å². The Morgan fingerprint density at radius 1 is 1.13 bits per heavy atom. The van der Waals surface area contributed by atoms with Crippen molar-refractivity contribution in [1.29, 1.82) is 0 Å². The predicted octanol–water partition coefficient (Wildman–Crippen LogP) is 2.79. The lowest BCUT2D eigenvalue weighted by Gasteiger charge is -2.13. The molecule has 2 rings (SSSR count). The summed E-state index contributed by atoms with van der Waals surface area (Å²) in [5.74, 6) is -1.74. The summed E-state index contributed by atoms with van der Waals surface area (Å²) >= 11 is 0. The number of benzene rings is 2. The first-order valence-electron chi connectivity index (χ1n) is 6.19. The quantitative estimate of drug-likeness (QED) is 0.841. The minimum atomic E-state index is -4.23. The molecule has 23 heavy (non-hydrogen) atoms. The highest BCUT2D eigenvalue weighted by Crippen LogP contribution is 2.27. The summed E-state index contributed by atoms with van der Waals surface area (Å²) in [5.41, 5.74) is -0.140. The van der Waals surface area contributed by atoms with Crippen molar-refractivity contribution in [3.8, 4) is 5.75 Å². The summed E-state index contributed by atoms with van der Waals surface area (Å²) < 4.78 is 55.6. The molecule has 9 heteroatoms. The second kappa shape index (κ2) is 6.61. The highest BCUT2D eigenvalue weighted by atomic mass is 32.2. The molecule has 2 aromatic rings. The third kappa shape index (κ3) is 4.16. The molecule has 2 aromatic carbocycles. The summed E-state index contributed by atoms with van der Waals surface area (Å²) in [4.78, 5) is 10.4. The molecule has 0 bridgehead atoms. The van der Waals surface area contributed by atoms with Crippen LogP contribution >= 0.6 is 0 Å². The number of hydrogen-bond acceptors (Lipinski definition) is 4. The molecule has 0 atom stereocenters. The Balaban J connectivity index is 2.36. The van der Waals surface area contributed by atoms with Crippen LogP contribution in [0.2, 0.25) is 0 Å². The number of alkyl halides is 2. The van der Waals surface area contributed by atoms with E-state index in [2.05, 4.69) is 9.46 Å². The van der Waals surface area contributed by atoms with Crippen LogP contribution in [0, 0.1) is 0 Å². The summed E-state index contributed by atoms with van der Waals surface area (Å²) in [7, 11) is -4.23. The molecule has 0 amide bonds. The normalized spacial score (nSPS) is 11.3. The molecular weight excluding hydrogens is 332 g/mol. The van der Waals surface area contributed by atoms with Crippen LogP contribution in [0.5, 0.6) is 5.75 Å². The van der Waals surface area contributed by atoms with Crippen molar-refractivity contribution in [2.24, 2.45) is 0 Å². The molecule has 0 saturated heterocycles. The van der Waals surface area contributed by atoms with Gasteiger partial charge in [-0.2, -0.15) is 8.78 Å². The van der Waals surface area contributed by atoms with Crippen LogP contribution in [0.4, 0.5) is 14.5 Å². The Morgan fingerprint density at radius 3 is 2.48 bits per heavy atom. The number of ether oxygens (including phenoxy) is 1. The van der Waals surface area contributed by atoms with Gasteiger partial charge in [0, 0.05) is 5.69 Å². The van der Waals surface area contributed by atoms with Gasteiger partial charge in [-0.05, 0) is 30.3 Å². The van der Waals surface area contributed by atoms with Crippen molar-refractivity contribution >= 4 is 21.7 Å². The molecule has 0 unspecified atom stereocenters. The first-order valence-corrected chi connectivity index (χ1v) is 7.68. The van der Waals surface area contributed by atoms with Gasteiger partial charge in [-0.1, -0.05) is 18.2 Å². The van der Waals surface area contributed by atoms with Crippen LogP contribution in [0.3, 0.4) is 0 Å². The molecule has 0 heterocycles. The summed E-state index contributed by atoms with van der Waals surface area (Å²) in [5, 5.41) is 8.89. The van der Waals surface area contributed by atoms with Gasteiger partial charge in [-0.25, -0.2) is 13.2 Å². The number of hydrogen-bond donors (Lipinski definition) is 2. The predicted molar refractivity (Wildman–Crippen MR) is 77.3 cm³/mol. The number of para-hydroxylation sites is 1. The molecule has 122 valence electrons. The molecule has 0 aliphatic heterocycles. The van der Waals surface area contributed by atoms with Crippen LogP contribution in [-0.4, -0.2) is 26.1 Å². The second-order valence-corrected chi connectivity index (χ2v) is 5.97. The summed E-state index contributed by atoms with van der Waals surface area (Å²) in [6.45, 7) is -3.18. The fourth-order valence-corrected chi connectivity index (χ4v) is 2.98. The number of carboxylic acid groups (broad SMARTS) is 1. The molecule has 0 fully saturated rings. The number of carbonyl (C=O) groups is 1. The monoisotopic (exact) mass is 343 g/mol. The van der Waals surface area contributed by atoms with Crippen molar-refractivity contribution in [2.75, 3.05) is 4.72 Å². The van der Waals surface area contributed by atoms with E-state index >= 15 is 0 Å². The molecule has 0 spiro atoms. The largest absolute Gasteiger partial charge is 0.478 e. The first kappa shape index (κ1) is 16.7. The van der Waals surface area contributed by atoms with Crippen LogP contribution in [0.15, 0.2) is 53.4 Å². The smallest absolute Gasteiger partial charge is 0.387 e. The van der Waals surface area contributed by atoms with E-state index in [0.717, 1.165) is 18.2 Å². The van der Waals surface area contributed by atoms with E-state index in [1.54, 1.807) is 0 Å². The van der Waals surface area contributed by atoms with Crippen molar-refractivity contribution in [1.82, 2.24) is 0 Å². The number of carboxylic acids is 1. The van der Waals surface area contributed by atoms with E-state index in [-0.39, 0.29) is 11.3 Å². The Bertz CT molecular complexity index is 823. The minimum Gasteiger partial charge on any atom is -0.478 e. The van der Waals surface area contributed by atoms with E-state index in [0.29, 0.717) is 0 Å². The zero-order chi connectivity index (χ0) is 17.0. The molecule has 0 aromatic heterocycles. The number of halogens is 2.